The molecule has 0 atom stereocenters. The van der Waals surface area contributed by atoms with Crippen LogP contribution in [0, 0.1) is 11.3 Å². The summed E-state index contributed by atoms with van der Waals surface area (Å²) >= 11 is 0. The Morgan fingerprint density at radius 1 is 0.974 bits per heavy atom. The third-order valence-electron chi connectivity index (χ3n) is 6.25. The van der Waals surface area contributed by atoms with E-state index in [-0.39, 0.29) is 0 Å². The zero-order valence-corrected chi connectivity index (χ0v) is 21.1. The summed E-state index contributed by atoms with van der Waals surface area (Å²) in [6.07, 6.45) is 9.79. The number of ether oxygens (including phenoxy) is 2. The van der Waals surface area contributed by atoms with Gasteiger partial charge in [0.15, 0.2) is 11.5 Å². The fourth-order valence-corrected chi connectivity index (χ4v) is 4.32. The molecule has 3 aromatic heterocycles. The van der Waals surface area contributed by atoms with E-state index in [0.29, 0.717) is 35.9 Å². The Balaban J connectivity index is 1.34. The maximum atomic E-state index is 9.85. The van der Waals surface area contributed by atoms with Gasteiger partial charge in [-0.3, -0.25) is 9.97 Å². The normalized spacial score (nSPS) is 10.7. The average molecular weight is 505 g/mol. The molecule has 0 aliphatic carbocycles. The molecular weight excluding hydrogens is 476 g/mol. The fraction of sp³-hybridized carbons (Fsp3) is 0.167. The summed E-state index contributed by atoms with van der Waals surface area (Å²) in [5.74, 6) is 1.26. The van der Waals surface area contributed by atoms with Gasteiger partial charge in [-0.2, -0.15) is 5.26 Å². The molecule has 8 nitrogen and oxygen atoms in total. The van der Waals surface area contributed by atoms with E-state index in [1.165, 1.54) is 5.56 Å². The molecule has 3 heterocycles. The van der Waals surface area contributed by atoms with Gasteiger partial charge in [0.2, 0.25) is 0 Å². The van der Waals surface area contributed by atoms with E-state index in [1.807, 2.05) is 60.9 Å². The van der Waals surface area contributed by atoms with Crippen LogP contribution in [0.5, 0.6) is 11.5 Å². The van der Waals surface area contributed by atoms with Crippen LogP contribution in [0.2, 0.25) is 0 Å². The zero-order valence-electron chi connectivity index (χ0n) is 21.1. The number of nitriles is 1. The molecule has 0 saturated heterocycles. The Bertz CT molecular complexity index is 1560. The third kappa shape index (κ3) is 5.59. The van der Waals surface area contributed by atoms with Gasteiger partial charge in [-0.15, -0.1) is 0 Å². The SMILES string of the molecule is COc1ccc(-c2cncc(C#N)c2Nc2cccc3[nH]ccc23)cc1OCCNCCc1cccnc1. The zero-order chi connectivity index (χ0) is 26.2. The van der Waals surface area contributed by atoms with Crippen molar-refractivity contribution in [1.82, 2.24) is 20.3 Å². The summed E-state index contributed by atoms with van der Waals surface area (Å²) in [6, 6.07) is 20.0. The minimum Gasteiger partial charge on any atom is -0.493 e. The number of rotatable bonds is 11. The lowest BCUT2D eigenvalue weighted by atomic mass is 10.0. The van der Waals surface area contributed by atoms with Crippen molar-refractivity contribution in [3.63, 3.8) is 0 Å². The van der Waals surface area contributed by atoms with Gasteiger partial charge in [0, 0.05) is 59.7 Å². The van der Waals surface area contributed by atoms with E-state index in [9.17, 15) is 5.26 Å². The number of aromatic nitrogens is 3. The number of pyridine rings is 2. The van der Waals surface area contributed by atoms with Gasteiger partial charge in [-0.05, 0) is 60.5 Å². The van der Waals surface area contributed by atoms with Crippen molar-refractivity contribution in [1.29, 1.82) is 5.26 Å². The van der Waals surface area contributed by atoms with Gasteiger partial charge in [0.1, 0.15) is 12.7 Å². The minimum atomic E-state index is 0.450. The third-order valence-corrected chi connectivity index (χ3v) is 6.25. The quantitative estimate of drug-likeness (QED) is 0.205. The summed E-state index contributed by atoms with van der Waals surface area (Å²) in [6.45, 7) is 2.00. The highest BCUT2D eigenvalue weighted by Crippen LogP contribution is 2.38. The summed E-state index contributed by atoms with van der Waals surface area (Å²) in [4.78, 5) is 11.7. The summed E-state index contributed by atoms with van der Waals surface area (Å²) in [7, 11) is 1.62. The van der Waals surface area contributed by atoms with Crippen molar-refractivity contribution < 1.29 is 9.47 Å². The molecule has 5 aromatic rings. The van der Waals surface area contributed by atoms with Gasteiger partial charge in [0.05, 0.1) is 18.4 Å². The Labute approximate surface area is 221 Å². The molecule has 0 radical (unpaired) electrons. The van der Waals surface area contributed by atoms with Crippen LogP contribution in [0.25, 0.3) is 22.0 Å². The Morgan fingerprint density at radius 2 is 1.92 bits per heavy atom. The summed E-state index contributed by atoms with van der Waals surface area (Å²) in [5, 5.41) is 17.8. The van der Waals surface area contributed by atoms with Crippen LogP contribution in [0.15, 0.2) is 85.6 Å². The molecule has 2 aromatic carbocycles. The van der Waals surface area contributed by atoms with Gasteiger partial charge in [0.25, 0.3) is 0 Å². The second kappa shape index (κ2) is 11.9. The first-order valence-corrected chi connectivity index (χ1v) is 12.4. The van der Waals surface area contributed by atoms with Crippen molar-refractivity contribution >= 4 is 22.3 Å². The number of fused-ring (bicyclic) bond motifs is 1. The first-order chi connectivity index (χ1) is 18.8. The number of anilines is 2. The number of hydrogen-bond donors (Lipinski definition) is 3. The van der Waals surface area contributed by atoms with Crippen LogP contribution in [-0.4, -0.2) is 41.8 Å². The molecule has 0 saturated carbocycles. The molecule has 0 fully saturated rings. The lowest BCUT2D eigenvalue weighted by Gasteiger charge is -2.16. The van der Waals surface area contributed by atoms with Crippen molar-refractivity contribution in [2.75, 3.05) is 32.1 Å². The van der Waals surface area contributed by atoms with Gasteiger partial charge in [-0.1, -0.05) is 18.2 Å². The molecule has 38 heavy (non-hydrogen) atoms. The number of benzene rings is 2. The predicted octanol–water partition coefficient (Wildman–Crippen LogP) is 5.46. The average Bonchev–Trinajstić information content (AvgIpc) is 3.45. The van der Waals surface area contributed by atoms with E-state index in [0.717, 1.165) is 40.7 Å². The summed E-state index contributed by atoms with van der Waals surface area (Å²) in [5.41, 5.74) is 5.89. The molecule has 0 bridgehead atoms. The van der Waals surface area contributed by atoms with Gasteiger partial charge >= 0.3 is 0 Å². The molecule has 190 valence electrons. The van der Waals surface area contributed by atoms with E-state index in [2.05, 4.69) is 37.7 Å². The van der Waals surface area contributed by atoms with Crippen molar-refractivity contribution in [3.8, 4) is 28.7 Å². The van der Waals surface area contributed by atoms with Gasteiger partial charge < -0.3 is 25.1 Å². The highest BCUT2D eigenvalue weighted by Gasteiger charge is 2.15. The second-order valence-electron chi connectivity index (χ2n) is 8.67. The largest absolute Gasteiger partial charge is 0.493 e. The molecule has 3 N–H and O–H groups in total. The second-order valence-corrected chi connectivity index (χ2v) is 8.67. The lowest BCUT2D eigenvalue weighted by molar-refractivity contribution is 0.293. The van der Waals surface area contributed by atoms with Gasteiger partial charge in [-0.25, -0.2) is 0 Å². The topological polar surface area (TPSA) is 108 Å². The lowest BCUT2D eigenvalue weighted by Crippen LogP contribution is -2.23. The number of aromatic amines is 1. The van der Waals surface area contributed by atoms with Crippen LogP contribution >= 0.6 is 0 Å². The van der Waals surface area contributed by atoms with Crippen LogP contribution in [0.3, 0.4) is 0 Å². The number of hydrogen-bond acceptors (Lipinski definition) is 7. The minimum absolute atomic E-state index is 0.450. The smallest absolute Gasteiger partial charge is 0.161 e. The molecule has 0 unspecified atom stereocenters. The van der Waals surface area contributed by atoms with E-state index in [4.69, 9.17) is 9.47 Å². The first kappa shape index (κ1) is 24.8. The van der Waals surface area contributed by atoms with Crippen LogP contribution in [0.4, 0.5) is 11.4 Å². The maximum absolute atomic E-state index is 9.85. The molecule has 0 aliphatic heterocycles. The number of H-pyrrole nitrogens is 1. The molecule has 5 rings (SSSR count). The van der Waals surface area contributed by atoms with Crippen LogP contribution in [0.1, 0.15) is 11.1 Å². The van der Waals surface area contributed by atoms with Crippen molar-refractivity contribution in [3.05, 3.63) is 96.7 Å². The first-order valence-electron chi connectivity index (χ1n) is 12.4. The molecule has 8 heteroatoms. The highest BCUT2D eigenvalue weighted by molar-refractivity contribution is 5.96. The Morgan fingerprint density at radius 3 is 2.76 bits per heavy atom. The van der Waals surface area contributed by atoms with Crippen molar-refractivity contribution in [2.24, 2.45) is 0 Å². The molecule has 0 spiro atoms. The van der Waals surface area contributed by atoms with E-state index in [1.54, 1.807) is 25.7 Å². The molecule has 0 aliphatic rings. The number of nitrogens with one attached hydrogen (secondary N) is 3. The van der Waals surface area contributed by atoms with E-state index >= 15 is 0 Å². The standard InChI is InChI=1S/C30H28N6O2/c1-37-28-8-7-22(16-29(28)38-15-14-32-12-9-21-4-3-11-33-18-21)25-20-34-19-23(17-31)30(25)36-27-6-2-5-26-24(27)10-13-35-26/h2-8,10-11,13,16,18-20,32,35H,9,12,14-15H2,1H3,(H,34,36). The number of methoxy groups -OCH3 is 1. The molecular formula is C30H28N6O2. The predicted molar refractivity (Wildman–Crippen MR) is 149 cm³/mol. The summed E-state index contributed by atoms with van der Waals surface area (Å²) < 4.78 is 11.6. The van der Waals surface area contributed by atoms with E-state index < -0.39 is 0 Å². The van der Waals surface area contributed by atoms with Crippen molar-refractivity contribution in [2.45, 2.75) is 6.42 Å². The fourth-order valence-electron chi connectivity index (χ4n) is 4.32. The van der Waals surface area contributed by atoms with Crippen LogP contribution in [-0.2, 0) is 6.42 Å². The Kier molecular flexibility index (Phi) is 7.78. The van der Waals surface area contributed by atoms with Crippen LogP contribution < -0.4 is 20.1 Å². The highest BCUT2D eigenvalue weighted by atomic mass is 16.5. The Hall–Kier alpha value is -4.87. The molecule has 0 amide bonds. The maximum Gasteiger partial charge on any atom is 0.161 e. The monoisotopic (exact) mass is 504 g/mol. The number of nitrogens with zero attached hydrogens (tertiary/aromatic N) is 3.